The summed E-state index contributed by atoms with van der Waals surface area (Å²) in [6, 6.07) is 17.9. The number of benzene rings is 2. The van der Waals surface area contributed by atoms with Crippen LogP contribution in [0, 0.1) is 0 Å². The van der Waals surface area contributed by atoms with Crippen molar-refractivity contribution in [1.82, 2.24) is 14.8 Å². The highest BCUT2D eigenvalue weighted by atomic mass is 32.2. The number of nitrogens with zero attached hydrogens (tertiary/aromatic N) is 4. The number of nitrogens with one attached hydrogen (secondary N) is 1. The fraction of sp³-hybridized carbons (Fsp3) is 0.318. The predicted octanol–water partition coefficient (Wildman–Crippen LogP) is 4.41. The van der Waals surface area contributed by atoms with E-state index in [0.717, 1.165) is 47.6 Å². The average Bonchev–Trinajstić information content (AvgIpc) is 3.18. The lowest BCUT2D eigenvalue weighted by Crippen LogP contribution is -2.21. The Hall–Kier alpha value is -2.80. The number of para-hydroxylation sites is 1. The molecule has 152 valence electrons. The lowest BCUT2D eigenvalue weighted by Gasteiger charge is -2.21. The Morgan fingerprint density at radius 2 is 1.69 bits per heavy atom. The van der Waals surface area contributed by atoms with Gasteiger partial charge in [0.15, 0.2) is 5.16 Å². The molecule has 0 spiro atoms. The molecule has 2 aromatic carbocycles. The van der Waals surface area contributed by atoms with Crippen LogP contribution in [0.15, 0.2) is 59.8 Å². The van der Waals surface area contributed by atoms with Crippen molar-refractivity contribution < 1.29 is 4.79 Å². The first kappa shape index (κ1) is 20.9. The van der Waals surface area contributed by atoms with E-state index in [1.165, 1.54) is 11.8 Å². The van der Waals surface area contributed by atoms with E-state index in [1.807, 2.05) is 66.1 Å². The van der Waals surface area contributed by atoms with E-state index in [2.05, 4.69) is 34.3 Å². The van der Waals surface area contributed by atoms with E-state index in [0.29, 0.717) is 0 Å². The monoisotopic (exact) mass is 409 g/mol. The van der Waals surface area contributed by atoms with Crippen molar-refractivity contribution in [2.45, 2.75) is 32.3 Å². The third kappa shape index (κ3) is 5.17. The first-order valence-electron chi connectivity index (χ1n) is 9.93. The van der Waals surface area contributed by atoms with Crippen LogP contribution in [0.4, 0.5) is 11.4 Å². The summed E-state index contributed by atoms with van der Waals surface area (Å²) in [6.07, 6.45) is 0.771. The van der Waals surface area contributed by atoms with E-state index in [9.17, 15) is 4.79 Å². The largest absolute Gasteiger partial charge is 0.372 e. The maximum absolute atomic E-state index is 12.4. The Morgan fingerprint density at radius 1 is 1.00 bits per heavy atom. The molecule has 0 fully saturated rings. The van der Waals surface area contributed by atoms with Gasteiger partial charge in [-0.05, 0) is 50.2 Å². The highest BCUT2D eigenvalue weighted by Crippen LogP contribution is 2.23. The Kier molecular flexibility index (Phi) is 7.30. The van der Waals surface area contributed by atoms with Crippen LogP contribution < -0.4 is 10.2 Å². The van der Waals surface area contributed by atoms with E-state index in [-0.39, 0.29) is 11.7 Å². The number of amides is 1. The van der Waals surface area contributed by atoms with Gasteiger partial charge in [-0.2, -0.15) is 0 Å². The van der Waals surface area contributed by atoms with Gasteiger partial charge in [-0.15, -0.1) is 10.2 Å². The van der Waals surface area contributed by atoms with Gasteiger partial charge in [0.05, 0.1) is 5.75 Å². The number of aryl methyl sites for hydroxylation is 1. The van der Waals surface area contributed by atoms with Crippen molar-refractivity contribution in [1.29, 1.82) is 0 Å². The Labute approximate surface area is 176 Å². The van der Waals surface area contributed by atoms with Gasteiger partial charge in [0.1, 0.15) is 5.82 Å². The minimum absolute atomic E-state index is 0.0637. The number of carbonyl (C=O) groups is 1. The van der Waals surface area contributed by atoms with Gasteiger partial charge in [0, 0.05) is 36.6 Å². The van der Waals surface area contributed by atoms with Crippen LogP contribution in [0.1, 0.15) is 26.6 Å². The predicted molar refractivity (Wildman–Crippen MR) is 120 cm³/mol. The molecule has 3 aromatic rings. The normalized spacial score (nSPS) is 10.7. The fourth-order valence-corrected chi connectivity index (χ4v) is 3.90. The van der Waals surface area contributed by atoms with Crippen LogP contribution in [-0.4, -0.2) is 39.5 Å². The van der Waals surface area contributed by atoms with Gasteiger partial charge in [0.2, 0.25) is 5.91 Å². The first-order valence-corrected chi connectivity index (χ1v) is 10.9. The first-order chi connectivity index (χ1) is 14.2. The van der Waals surface area contributed by atoms with Crippen LogP contribution in [0.3, 0.4) is 0 Å². The van der Waals surface area contributed by atoms with Crippen LogP contribution >= 0.6 is 11.8 Å². The Balaban J connectivity index is 1.64. The molecule has 1 amide bonds. The standard InChI is InChI=1S/C22H27N5OS/c1-4-20-24-25-22(27(20)19-10-8-7-9-11-19)29-16-21(28)23-17-12-14-18(15-13-17)26(5-2)6-3/h7-15H,4-6,16H2,1-3H3,(H,23,28). The molecule has 6 nitrogen and oxygen atoms in total. The molecule has 0 aliphatic rings. The zero-order valence-electron chi connectivity index (χ0n) is 17.1. The van der Waals surface area contributed by atoms with Crippen LogP contribution in [0.2, 0.25) is 0 Å². The number of carbonyl (C=O) groups excluding carboxylic acids is 1. The van der Waals surface area contributed by atoms with Crippen molar-refractivity contribution in [3.8, 4) is 5.69 Å². The zero-order chi connectivity index (χ0) is 20.6. The summed E-state index contributed by atoms with van der Waals surface area (Å²) in [6.45, 7) is 8.23. The second-order valence-electron chi connectivity index (χ2n) is 6.48. The van der Waals surface area contributed by atoms with E-state index in [1.54, 1.807) is 0 Å². The Bertz CT molecular complexity index is 920. The molecule has 3 rings (SSSR count). The molecule has 1 N–H and O–H groups in total. The molecular weight excluding hydrogens is 382 g/mol. The molecule has 0 aliphatic carbocycles. The molecule has 0 aliphatic heterocycles. The van der Waals surface area contributed by atoms with Crippen molar-refractivity contribution in [3.05, 3.63) is 60.4 Å². The summed E-state index contributed by atoms with van der Waals surface area (Å²) < 4.78 is 2.01. The number of aromatic nitrogens is 3. The smallest absolute Gasteiger partial charge is 0.234 e. The third-order valence-corrected chi connectivity index (χ3v) is 5.57. The van der Waals surface area contributed by atoms with Gasteiger partial charge in [-0.25, -0.2) is 0 Å². The second kappa shape index (κ2) is 10.1. The summed E-state index contributed by atoms with van der Waals surface area (Å²) >= 11 is 1.39. The maximum atomic E-state index is 12.4. The van der Waals surface area contributed by atoms with Gasteiger partial charge >= 0.3 is 0 Å². The summed E-state index contributed by atoms with van der Waals surface area (Å²) in [7, 11) is 0. The molecule has 0 saturated heterocycles. The molecule has 0 saturated carbocycles. The highest BCUT2D eigenvalue weighted by Gasteiger charge is 2.14. The zero-order valence-corrected chi connectivity index (χ0v) is 17.9. The lowest BCUT2D eigenvalue weighted by atomic mass is 10.2. The molecule has 0 unspecified atom stereocenters. The van der Waals surface area contributed by atoms with Crippen molar-refractivity contribution in [2.75, 3.05) is 29.1 Å². The topological polar surface area (TPSA) is 63.1 Å². The third-order valence-electron chi connectivity index (χ3n) is 4.64. The number of anilines is 2. The van der Waals surface area contributed by atoms with Crippen molar-refractivity contribution in [2.24, 2.45) is 0 Å². The fourth-order valence-electron chi connectivity index (χ4n) is 3.13. The van der Waals surface area contributed by atoms with Crippen LogP contribution in [-0.2, 0) is 11.2 Å². The van der Waals surface area contributed by atoms with Gasteiger partial charge < -0.3 is 10.2 Å². The van der Waals surface area contributed by atoms with E-state index < -0.39 is 0 Å². The van der Waals surface area contributed by atoms with Crippen LogP contribution in [0.25, 0.3) is 5.69 Å². The Morgan fingerprint density at radius 3 is 2.31 bits per heavy atom. The average molecular weight is 410 g/mol. The summed E-state index contributed by atoms with van der Waals surface area (Å²) in [5.41, 5.74) is 2.96. The van der Waals surface area contributed by atoms with Crippen molar-refractivity contribution >= 4 is 29.0 Å². The second-order valence-corrected chi connectivity index (χ2v) is 7.42. The summed E-state index contributed by atoms with van der Waals surface area (Å²) in [5, 5.41) is 12.2. The number of hydrogen-bond donors (Lipinski definition) is 1. The molecule has 1 aromatic heterocycles. The molecule has 29 heavy (non-hydrogen) atoms. The lowest BCUT2D eigenvalue weighted by molar-refractivity contribution is -0.113. The highest BCUT2D eigenvalue weighted by molar-refractivity contribution is 7.99. The van der Waals surface area contributed by atoms with Crippen molar-refractivity contribution in [3.63, 3.8) is 0 Å². The maximum Gasteiger partial charge on any atom is 0.234 e. The van der Waals surface area contributed by atoms with Gasteiger partial charge in [0.25, 0.3) is 0 Å². The minimum Gasteiger partial charge on any atom is -0.372 e. The van der Waals surface area contributed by atoms with Gasteiger partial charge in [-0.3, -0.25) is 9.36 Å². The van der Waals surface area contributed by atoms with Gasteiger partial charge in [-0.1, -0.05) is 36.9 Å². The molecule has 7 heteroatoms. The van der Waals surface area contributed by atoms with E-state index >= 15 is 0 Å². The molecule has 0 atom stereocenters. The molecule has 0 radical (unpaired) electrons. The van der Waals surface area contributed by atoms with Crippen LogP contribution in [0.5, 0.6) is 0 Å². The minimum atomic E-state index is -0.0637. The van der Waals surface area contributed by atoms with E-state index in [4.69, 9.17) is 0 Å². The number of thioether (sulfide) groups is 1. The molecular formula is C22H27N5OS. The summed E-state index contributed by atoms with van der Waals surface area (Å²) in [5.74, 6) is 1.09. The summed E-state index contributed by atoms with van der Waals surface area (Å²) in [4.78, 5) is 14.7. The number of rotatable bonds is 9. The quantitative estimate of drug-likeness (QED) is 0.531. The molecule has 1 heterocycles. The SMILES string of the molecule is CCc1nnc(SCC(=O)Nc2ccc(N(CC)CC)cc2)n1-c1ccccc1. The molecule has 0 bridgehead atoms. The number of hydrogen-bond acceptors (Lipinski definition) is 5.